The summed E-state index contributed by atoms with van der Waals surface area (Å²) in [6, 6.07) is 5.94. The van der Waals surface area contributed by atoms with Crippen molar-refractivity contribution >= 4 is 49.0 Å². The molecule has 0 amide bonds. The maximum absolute atomic E-state index is 8.89. The third-order valence-electron chi connectivity index (χ3n) is 2.03. The fourth-order valence-corrected chi connectivity index (χ4v) is 3.51. The third kappa shape index (κ3) is 1.44. The summed E-state index contributed by atoms with van der Waals surface area (Å²) in [4.78, 5) is 0. The summed E-state index contributed by atoms with van der Waals surface area (Å²) in [6.07, 6.45) is 0. The van der Waals surface area contributed by atoms with Crippen LogP contribution >= 0.6 is 38.9 Å². The van der Waals surface area contributed by atoms with Gasteiger partial charge in [0.1, 0.15) is 6.07 Å². The van der Waals surface area contributed by atoms with Crippen LogP contribution in [0.5, 0.6) is 0 Å². The van der Waals surface area contributed by atoms with Gasteiger partial charge in [-0.05, 0) is 22.9 Å². The smallest absolute Gasteiger partial charge is 0.101 e. The van der Waals surface area contributed by atoms with Gasteiger partial charge in [-0.2, -0.15) is 5.26 Å². The second-order valence-electron chi connectivity index (χ2n) is 2.80. The van der Waals surface area contributed by atoms with Crippen LogP contribution in [0, 0.1) is 11.3 Å². The molecule has 0 aliphatic carbocycles. The lowest BCUT2D eigenvalue weighted by Gasteiger charge is -2.03. The number of fused-ring (bicyclic) bond motifs is 1. The maximum Gasteiger partial charge on any atom is 0.101 e. The molecule has 1 nitrogen and oxygen atoms in total. The zero-order valence-electron chi connectivity index (χ0n) is 7.05. The van der Waals surface area contributed by atoms with Gasteiger partial charge >= 0.3 is 0 Å². The number of nitrogens with zero attached hydrogens (tertiary/aromatic N) is 1. The molecule has 0 saturated carbocycles. The summed E-state index contributed by atoms with van der Waals surface area (Å²) < 4.78 is 1.16. The first kappa shape index (κ1) is 9.97. The highest BCUT2D eigenvalue weighted by Gasteiger charge is 2.11. The Kier molecular flexibility index (Phi) is 2.78. The number of alkyl halides is 1. The number of thiophene rings is 1. The number of hydrogen-bond donors (Lipinski definition) is 0. The number of hydrogen-bond acceptors (Lipinski definition) is 2. The summed E-state index contributed by atoms with van der Waals surface area (Å²) in [5.41, 5.74) is 1.56. The van der Waals surface area contributed by atoms with Crippen LogP contribution in [0.25, 0.3) is 10.1 Å². The van der Waals surface area contributed by atoms with E-state index in [2.05, 4.69) is 22.0 Å². The number of nitriles is 1. The van der Waals surface area contributed by atoms with Gasteiger partial charge in [0.15, 0.2) is 0 Å². The molecule has 0 unspecified atom stereocenters. The predicted octanol–water partition coefficient (Wildman–Crippen LogP) is 4.32. The zero-order valence-corrected chi connectivity index (χ0v) is 10.2. The lowest BCUT2D eigenvalue weighted by Crippen LogP contribution is -1.85. The monoisotopic (exact) mass is 285 g/mol. The number of rotatable bonds is 1. The van der Waals surface area contributed by atoms with Crippen LogP contribution in [-0.4, -0.2) is 0 Å². The van der Waals surface area contributed by atoms with Gasteiger partial charge in [0.25, 0.3) is 0 Å². The molecule has 14 heavy (non-hydrogen) atoms. The summed E-state index contributed by atoms with van der Waals surface area (Å²) in [5.74, 6) is 0. The molecular formula is C10H5BrClNS. The number of halogens is 2. The van der Waals surface area contributed by atoms with E-state index in [1.165, 1.54) is 0 Å². The molecule has 0 aliphatic heterocycles. The summed E-state index contributed by atoms with van der Waals surface area (Å²) in [5, 5.41) is 13.2. The molecule has 0 bridgehead atoms. The first-order chi connectivity index (χ1) is 6.77. The van der Waals surface area contributed by atoms with Crippen LogP contribution in [0.2, 0.25) is 5.02 Å². The third-order valence-corrected chi connectivity index (χ3v) is 4.01. The van der Waals surface area contributed by atoms with E-state index in [0.29, 0.717) is 15.9 Å². The molecule has 0 fully saturated rings. The first-order valence-corrected chi connectivity index (χ1v) is 6.30. The number of benzene rings is 1. The highest BCUT2D eigenvalue weighted by Crippen LogP contribution is 2.34. The molecule has 0 aliphatic rings. The van der Waals surface area contributed by atoms with Crippen molar-refractivity contribution in [3.63, 3.8) is 0 Å². The van der Waals surface area contributed by atoms with Crippen LogP contribution in [0.1, 0.15) is 11.1 Å². The molecule has 0 spiro atoms. The van der Waals surface area contributed by atoms with E-state index in [0.717, 1.165) is 15.6 Å². The highest BCUT2D eigenvalue weighted by atomic mass is 79.9. The van der Waals surface area contributed by atoms with Crippen molar-refractivity contribution in [3.05, 3.63) is 33.7 Å². The zero-order chi connectivity index (χ0) is 10.1. The fourth-order valence-electron chi connectivity index (χ4n) is 1.36. The minimum atomic E-state index is 0.548. The Morgan fingerprint density at radius 2 is 2.36 bits per heavy atom. The van der Waals surface area contributed by atoms with Crippen molar-refractivity contribution in [2.24, 2.45) is 0 Å². The van der Waals surface area contributed by atoms with Gasteiger partial charge in [-0.1, -0.05) is 27.5 Å². The van der Waals surface area contributed by atoms with Gasteiger partial charge in [0, 0.05) is 15.6 Å². The first-order valence-electron chi connectivity index (χ1n) is 3.92. The molecule has 2 rings (SSSR count). The molecule has 0 saturated heterocycles. The average Bonchev–Trinajstić information content (AvgIpc) is 2.64. The standard InChI is InChI=1S/C10H5BrClNS/c11-4-8-9(12)7(5-13)3-6-1-2-14-10(6)8/h1-3H,4H2. The van der Waals surface area contributed by atoms with E-state index in [1.807, 2.05) is 17.5 Å². The van der Waals surface area contributed by atoms with Crippen molar-refractivity contribution in [1.29, 1.82) is 5.26 Å². The van der Waals surface area contributed by atoms with Gasteiger partial charge < -0.3 is 0 Å². The molecule has 1 heterocycles. The lowest BCUT2D eigenvalue weighted by atomic mass is 10.1. The summed E-state index contributed by atoms with van der Waals surface area (Å²) in [6.45, 7) is 0. The van der Waals surface area contributed by atoms with Gasteiger partial charge in [-0.15, -0.1) is 11.3 Å². The van der Waals surface area contributed by atoms with Crippen LogP contribution in [0.4, 0.5) is 0 Å². The van der Waals surface area contributed by atoms with E-state index >= 15 is 0 Å². The van der Waals surface area contributed by atoms with E-state index in [-0.39, 0.29) is 0 Å². The SMILES string of the molecule is N#Cc1cc2ccsc2c(CBr)c1Cl. The second kappa shape index (κ2) is 3.90. The Morgan fingerprint density at radius 1 is 1.57 bits per heavy atom. The van der Waals surface area contributed by atoms with Crippen LogP contribution in [0.15, 0.2) is 17.5 Å². The molecule has 0 N–H and O–H groups in total. The largest absolute Gasteiger partial charge is 0.192 e. The Hall–Kier alpha value is -0.560. The maximum atomic E-state index is 8.89. The van der Waals surface area contributed by atoms with Gasteiger partial charge in [-0.25, -0.2) is 0 Å². The van der Waals surface area contributed by atoms with Crippen molar-refractivity contribution in [1.82, 2.24) is 0 Å². The molecule has 70 valence electrons. The summed E-state index contributed by atoms with van der Waals surface area (Å²) >= 11 is 11.1. The van der Waals surface area contributed by atoms with Crippen molar-refractivity contribution in [2.75, 3.05) is 0 Å². The van der Waals surface area contributed by atoms with Crippen LogP contribution < -0.4 is 0 Å². The molecule has 0 atom stereocenters. The second-order valence-corrected chi connectivity index (χ2v) is 4.66. The average molecular weight is 287 g/mol. The van der Waals surface area contributed by atoms with Crippen LogP contribution in [-0.2, 0) is 5.33 Å². The Bertz CT molecular complexity index is 527. The molecular weight excluding hydrogens is 282 g/mol. The Labute approximate surface area is 99.0 Å². The summed E-state index contributed by atoms with van der Waals surface area (Å²) in [7, 11) is 0. The minimum Gasteiger partial charge on any atom is -0.192 e. The van der Waals surface area contributed by atoms with Gasteiger partial charge in [0.2, 0.25) is 0 Å². The highest BCUT2D eigenvalue weighted by molar-refractivity contribution is 9.08. The molecule has 0 radical (unpaired) electrons. The van der Waals surface area contributed by atoms with Gasteiger partial charge in [-0.3, -0.25) is 0 Å². The van der Waals surface area contributed by atoms with E-state index in [9.17, 15) is 0 Å². The van der Waals surface area contributed by atoms with E-state index < -0.39 is 0 Å². The minimum absolute atomic E-state index is 0.548. The Balaban J connectivity index is 2.89. The van der Waals surface area contributed by atoms with E-state index in [4.69, 9.17) is 16.9 Å². The molecule has 1 aromatic carbocycles. The quantitative estimate of drug-likeness (QED) is 0.716. The molecule has 1 aromatic heterocycles. The van der Waals surface area contributed by atoms with Crippen molar-refractivity contribution in [3.8, 4) is 6.07 Å². The topological polar surface area (TPSA) is 23.8 Å². The Morgan fingerprint density at radius 3 is 3.00 bits per heavy atom. The fraction of sp³-hybridized carbons (Fsp3) is 0.100. The van der Waals surface area contributed by atoms with Crippen molar-refractivity contribution in [2.45, 2.75) is 5.33 Å². The predicted molar refractivity (Wildman–Crippen MR) is 64.2 cm³/mol. The van der Waals surface area contributed by atoms with Crippen LogP contribution in [0.3, 0.4) is 0 Å². The van der Waals surface area contributed by atoms with E-state index in [1.54, 1.807) is 11.3 Å². The lowest BCUT2D eigenvalue weighted by molar-refractivity contribution is 1.45. The van der Waals surface area contributed by atoms with Gasteiger partial charge in [0.05, 0.1) is 10.6 Å². The van der Waals surface area contributed by atoms with Crippen molar-refractivity contribution < 1.29 is 0 Å². The molecule has 2 aromatic rings. The molecule has 4 heteroatoms. The normalized spacial score (nSPS) is 10.4.